The molecule has 0 bridgehead atoms. The minimum absolute atomic E-state index is 0.242. The van der Waals surface area contributed by atoms with Crippen LogP contribution in [0.5, 0.6) is 0 Å². The van der Waals surface area contributed by atoms with Crippen molar-refractivity contribution in [1.29, 1.82) is 0 Å². The van der Waals surface area contributed by atoms with Crippen molar-refractivity contribution in [2.24, 2.45) is 0 Å². The summed E-state index contributed by atoms with van der Waals surface area (Å²) in [6.07, 6.45) is 1.52. The lowest BCUT2D eigenvalue weighted by Gasteiger charge is -2.38. The Morgan fingerprint density at radius 2 is 1.68 bits per heavy atom. The van der Waals surface area contributed by atoms with Gasteiger partial charge in [-0.25, -0.2) is 9.59 Å². The number of hydrogen-bond acceptors (Lipinski definition) is 4. The number of carbonyl (C=O) groups is 2. The van der Waals surface area contributed by atoms with Crippen LogP contribution < -0.4 is 4.90 Å². The second-order valence-corrected chi connectivity index (χ2v) is 8.36. The summed E-state index contributed by atoms with van der Waals surface area (Å²) in [7, 11) is 2.07. The van der Waals surface area contributed by atoms with Crippen LogP contribution in [0.25, 0.3) is 10.8 Å². The molecule has 0 radical (unpaired) electrons. The fourth-order valence-electron chi connectivity index (χ4n) is 3.56. The molecule has 1 heterocycles. The van der Waals surface area contributed by atoms with E-state index in [0.29, 0.717) is 24.7 Å². The number of carboxylic acid groups (broad SMARTS) is 1. The zero-order valence-electron chi connectivity index (χ0n) is 16.9. The molecular weight excluding hydrogens is 356 g/mol. The number of anilines is 1. The number of amides is 1. The number of benzene rings is 2. The third-order valence-corrected chi connectivity index (χ3v) is 5.14. The van der Waals surface area contributed by atoms with Crippen molar-refractivity contribution in [3.63, 3.8) is 0 Å². The van der Waals surface area contributed by atoms with Crippen molar-refractivity contribution in [2.75, 3.05) is 25.0 Å². The number of piperidine rings is 1. The van der Waals surface area contributed by atoms with Gasteiger partial charge in [0.1, 0.15) is 5.60 Å². The molecule has 0 unspecified atom stereocenters. The maximum absolute atomic E-state index is 12.2. The highest BCUT2D eigenvalue weighted by atomic mass is 16.6. The molecule has 1 amide bonds. The van der Waals surface area contributed by atoms with Gasteiger partial charge in [-0.3, -0.25) is 0 Å². The summed E-state index contributed by atoms with van der Waals surface area (Å²) in [4.78, 5) is 27.4. The Kier molecular flexibility index (Phi) is 5.49. The van der Waals surface area contributed by atoms with E-state index in [4.69, 9.17) is 9.84 Å². The predicted octanol–water partition coefficient (Wildman–Crippen LogP) is 4.37. The van der Waals surface area contributed by atoms with Crippen LogP contribution in [0.15, 0.2) is 36.4 Å². The first kappa shape index (κ1) is 20.0. The van der Waals surface area contributed by atoms with Gasteiger partial charge in [-0.05, 0) is 68.7 Å². The van der Waals surface area contributed by atoms with Gasteiger partial charge in [-0.15, -0.1) is 0 Å². The molecule has 2 aromatic carbocycles. The fraction of sp³-hybridized carbons (Fsp3) is 0.455. The fourth-order valence-corrected chi connectivity index (χ4v) is 3.56. The molecule has 0 saturated carbocycles. The zero-order chi connectivity index (χ0) is 20.5. The monoisotopic (exact) mass is 384 g/mol. The zero-order valence-corrected chi connectivity index (χ0v) is 16.9. The minimum Gasteiger partial charge on any atom is -0.478 e. The second kappa shape index (κ2) is 7.70. The summed E-state index contributed by atoms with van der Waals surface area (Å²) in [6, 6.07) is 11.6. The molecule has 0 spiro atoms. The standard InChI is InChI=1S/C22H28N2O4/c1-22(2,3)28-21(27)24-11-9-18(10-12-24)23(4)19-8-7-15-13-17(20(25)26)6-5-16(15)14-19/h5-8,13-14,18H,9-12H2,1-4H3,(H,25,26). The molecule has 6 nitrogen and oxygen atoms in total. The average Bonchev–Trinajstić information content (AvgIpc) is 2.65. The Labute approximate surface area is 165 Å². The highest BCUT2D eigenvalue weighted by Gasteiger charge is 2.28. The van der Waals surface area contributed by atoms with E-state index in [9.17, 15) is 9.59 Å². The van der Waals surface area contributed by atoms with Crippen molar-refractivity contribution in [2.45, 2.75) is 45.3 Å². The van der Waals surface area contributed by atoms with Gasteiger partial charge in [0.25, 0.3) is 0 Å². The van der Waals surface area contributed by atoms with Crippen molar-refractivity contribution in [3.8, 4) is 0 Å². The maximum atomic E-state index is 12.2. The average molecular weight is 384 g/mol. The van der Waals surface area contributed by atoms with Crippen LogP contribution in [0.3, 0.4) is 0 Å². The van der Waals surface area contributed by atoms with E-state index in [2.05, 4.69) is 18.0 Å². The first-order chi connectivity index (χ1) is 13.1. The van der Waals surface area contributed by atoms with Crippen LogP contribution >= 0.6 is 0 Å². The number of likely N-dealkylation sites (tertiary alicyclic amines) is 1. The first-order valence-electron chi connectivity index (χ1n) is 9.62. The van der Waals surface area contributed by atoms with Crippen molar-refractivity contribution in [3.05, 3.63) is 42.0 Å². The summed E-state index contributed by atoms with van der Waals surface area (Å²) in [6.45, 7) is 7.00. The number of ether oxygens (including phenoxy) is 1. The molecule has 1 saturated heterocycles. The topological polar surface area (TPSA) is 70.1 Å². The summed E-state index contributed by atoms with van der Waals surface area (Å²) in [5.41, 5.74) is 0.908. The molecule has 1 aliphatic heterocycles. The number of nitrogens with zero attached hydrogens (tertiary/aromatic N) is 2. The number of hydrogen-bond donors (Lipinski definition) is 1. The van der Waals surface area contributed by atoms with E-state index < -0.39 is 11.6 Å². The van der Waals surface area contributed by atoms with Gasteiger partial charge < -0.3 is 19.6 Å². The molecular formula is C22H28N2O4. The quantitative estimate of drug-likeness (QED) is 0.851. The molecule has 2 aromatic rings. The largest absolute Gasteiger partial charge is 0.478 e. The van der Waals surface area contributed by atoms with E-state index in [-0.39, 0.29) is 6.09 Å². The Hall–Kier alpha value is -2.76. The highest BCUT2D eigenvalue weighted by molar-refractivity contribution is 5.95. The van der Waals surface area contributed by atoms with Gasteiger partial charge in [-0.1, -0.05) is 12.1 Å². The highest BCUT2D eigenvalue weighted by Crippen LogP contribution is 2.27. The van der Waals surface area contributed by atoms with Gasteiger partial charge in [0.15, 0.2) is 0 Å². The normalized spacial score (nSPS) is 15.5. The predicted molar refractivity (Wildman–Crippen MR) is 110 cm³/mol. The van der Waals surface area contributed by atoms with E-state index >= 15 is 0 Å². The molecule has 1 fully saturated rings. The van der Waals surface area contributed by atoms with Gasteiger partial charge >= 0.3 is 12.1 Å². The lowest BCUT2D eigenvalue weighted by atomic mass is 10.0. The Bertz CT molecular complexity index is 880. The van der Waals surface area contributed by atoms with Crippen LogP contribution in [-0.2, 0) is 4.74 Å². The Morgan fingerprint density at radius 1 is 1.07 bits per heavy atom. The summed E-state index contributed by atoms with van der Waals surface area (Å²) in [5, 5.41) is 11.1. The maximum Gasteiger partial charge on any atom is 0.410 e. The Morgan fingerprint density at radius 3 is 2.29 bits per heavy atom. The molecule has 0 aliphatic carbocycles. The summed E-state index contributed by atoms with van der Waals surface area (Å²) in [5.74, 6) is -0.917. The molecule has 3 rings (SSSR count). The van der Waals surface area contributed by atoms with Gasteiger partial charge in [0, 0.05) is 31.9 Å². The summed E-state index contributed by atoms with van der Waals surface area (Å²) >= 11 is 0. The number of aromatic carboxylic acids is 1. The van der Waals surface area contributed by atoms with Crippen LogP contribution in [0.1, 0.15) is 44.0 Å². The van der Waals surface area contributed by atoms with Crippen LogP contribution in [0, 0.1) is 0 Å². The Balaban J connectivity index is 1.66. The third kappa shape index (κ3) is 4.55. The van der Waals surface area contributed by atoms with E-state index in [0.717, 1.165) is 29.3 Å². The third-order valence-electron chi connectivity index (χ3n) is 5.14. The molecule has 6 heteroatoms. The molecule has 28 heavy (non-hydrogen) atoms. The molecule has 0 aromatic heterocycles. The lowest BCUT2D eigenvalue weighted by molar-refractivity contribution is 0.0205. The minimum atomic E-state index is -0.917. The van der Waals surface area contributed by atoms with Crippen LogP contribution in [-0.4, -0.2) is 53.8 Å². The molecule has 1 aliphatic rings. The van der Waals surface area contributed by atoms with Gasteiger partial charge in [0.2, 0.25) is 0 Å². The SMILES string of the molecule is CN(c1ccc2cc(C(=O)O)ccc2c1)C1CCN(C(=O)OC(C)(C)C)CC1. The molecule has 150 valence electrons. The van der Waals surface area contributed by atoms with Crippen LogP contribution in [0.4, 0.5) is 10.5 Å². The molecule has 1 N–H and O–H groups in total. The number of carbonyl (C=O) groups excluding carboxylic acids is 1. The number of rotatable bonds is 3. The van der Waals surface area contributed by atoms with E-state index in [1.165, 1.54) is 0 Å². The number of fused-ring (bicyclic) bond motifs is 1. The van der Waals surface area contributed by atoms with E-state index in [1.807, 2.05) is 39.0 Å². The van der Waals surface area contributed by atoms with Crippen LogP contribution in [0.2, 0.25) is 0 Å². The number of carboxylic acids is 1. The van der Waals surface area contributed by atoms with Gasteiger partial charge in [0.05, 0.1) is 5.56 Å². The van der Waals surface area contributed by atoms with Gasteiger partial charge in [-0.2, -0.15) is 0 Å². The van der Waals surface area contributed by atoms with Crippen molar-refractivity contribution >= 4 is 28.5 Å². The first-order valence-corrected chi connectivity index (χ1v) is 9.62. The van der Waals surface area contributed by atoms with E-state index in [1.54, 1.807) is 17.0 Å². The van der Waals surface area contributed by atoms with Crippen molar-refractivity contribution in [1.82, 2.24) is 4.90 Å². The molecule has 0 atom stereocenters. The summed E-state index contributed by atoms with van der Waals surface area (Å²) < 4.78 is 5.46. The second-order valence-electron chi connectivity index (χ2n) is 8.36. The smallest absolute Gasteiger partial charge is 0.410 e. The van der Waals surface area contributed by atoms with Crippen molar-refractivity contribution < 1.29 is 19.4 Å². The lowest BCUT2D eigenvalue weighted by Crippen LogP contribution is -2.47.